The van der Waals surface area contributed by atoms with Crippen LogP contribution in [0.4, 0.5) is 4.39 Å². The maximum absolute atomic E-state index is 13.2. The molecule has 0 bridgehead atoms. The summed E-state index contributed by atoms with van der Waals surface area (Å²) in [6.07, 6.45) is 0.791. The number of hydrogen-bond acceptors (Lipinski definition) is 1. The summed E-state index contributed by atoms with van der Waals surface area (Å²) in [6.45, 7) is 1.98. The zero-order valence-corrected chi connectivity index (χ0v) is 7.94. The Morgan fingerprint density at radius 3 is 2.85 bits per heavy atom. The molecule has 13 heavy (non-hydrogen) atoms. The Labute approximate surface area is 81.9 Å². The lowest BCUT2D eigenvalue weighted by Gasteiger charge is -2.27. The quantitative estimate of drug-likeness (QED) is 0.771. The van der Waals surface area contributed by atoms with E-state index in [1.165, 1.54) is 6.07 Å². The van der Waals surface area contributed by atoms with Gasteiger partial charge in [0.15, 0.2) is 0 Å². The van der Waals surface area contributed by atoms with Crippen molar-refractivity contribution in [3.8, 4) is 0 Å². The van der Waals surface area contributed by atoms with Gasteiger partial charge in [0.2, 0.25) is 0 Å². The standard InChI is InChI=1S/C10H11ClFN/c11-9-1-2-10(12)8(4-9)3-7-5-13-6-7/h1-2,4,7,13H,3,5-6H2. The smallest absolute Gasteiger partial charge is 0.126 e. The second-order valence-electron chi connectivity index (χ2n) is 3.46. The lowest BCUT2D eigenvalue weighted by Crippen LogP contribution is -2.43. The number of benzene rings is 1. The monoisotopic (exact) mass is 199 g/mol. The van der Waals surface area contributed by atoms with Crippen molar-refractivity contribution in [3.63, 3.8) is 0 Å². The summed E-state index contributed by atoms with van der Waals surface area (Å²) in [7, 11) is 0. The fourth-order valence-electron chi connectivity index (χ4n) is 1.50. The molecule has 0 spiro atoms. The molecule has 1 nitrogen and oxygen atoms in total. The highest BCUT2D eigenvalue weighted by Gasteiger charge is 2.18. The van der Waals surface area contributed by atoms with Crippen molar-refractivity contribution in [2.24, 2.45) is 5.92 Å². The molecule has 0 radical (unpaired) electrons. The van der Waals surface area contributed by atoms with Crippen LogP contribution in [-0.2, 0) is 6.42 Å². The van der Waals surface area contributed by atoms with Crippen LogP contribution in [0.2, 0.25) is 5.02 Å². The van der Waals surface area contributed by atoms with E-state index in [2.05, 4.69) is 5.32 Å². The first-order chi connectivity index (χ1) is 6.25. The topological polar surface area (TPSA) is 12.0 Å². The van der Waals surface area contributed by atoms with Gasteiger partial charge >= 0.3 is 0 Å². The second kappa shape index (κ2) is 3.64. The molecule has 1 heterocycles. The van der Waals surface area contributed by atoms with E-state index < -0.39 is 0 Å². The summed E-state index contributed by atoms with van der Waals surface area (Å²) < 4.78 is 13.2. The average Bonchev–Trinajstić information content (AvgIpc) is 2.03. The third-order valence-electron chi connectivity index (χ3n) is 2.38. The molecule has 3 heteroatoms. The zero-order valence-electron chi connectivity index (χ0n) is 7.19. The molecule has 2 rings (SSSR count). The SMILES string of the molecule is Fc1ccc(Cl)cc1CC1CNC1. The summed E-state index contributed by atoms with van der Waals surface area (Å²) in [5.74, 6) is 0.435. The molecular weight excluding hydrogens is 189 g/mol. The van der Waals surface area contributed by atoms with E-state index in [1.54, 1.807) is 12.1 Å². The molecular formula is C10H11ClFN. The van der Waals surface area contributed by atoms with Gasteiger partial charge in [-0.15, -0.1) is 0 Å². The summed E-state index contributed by atoms with van der Waals surface area (Å²) in [4.78, 5) is 0. The summed E-state index contributed by atoms with van der Waals surface area (Å²) in [5, 5.41) is 3.77. The van der Waals surface area contributed by atoms with Crippen LogP contribution >= 0.6 is 11.6 Å². The van der Waals surface area contributed by atoms with Crippen LogP contribution in [-0.4, -0.2) is 13.1 Å². The molecule has 0 aliphatic carbocycles. The van der Waals surface area contributed by atoms with Gasteiger partial charge in [-0.05, 0) is 49.2 Å². The Bertz CT molecular complexity index is 310. The molecule has 0 aromatic heterocycles. The van der Waals surface area contributed by atoms with Crippen molar-refractivity contribution in [3.05, 3.63) is 34.6 Å². The van der Waals surface area contributed by atoms with Gasteiger partial charge in [-0.3, -0.25) is 0 Å². The van der Waals surface area contributed by atoms with Gasteiger partial charge in [-0.1, -0.05) is 11.6 Å². The van der Waals surface area contributed by atoms with Crippen LogP contribution in [0.3, 0.4) is 0 Å². The molecule has 0 unspecified atom stereocenters. The molecule has 0 saturated carbocycles. The van der Waals surface area contributed by atoms with Crippen LogP contribution < -0.4 is 5.32 Å². The first kappa shape index (κ1) is 8.97. The Morgan fingerprint density at radius 1 is 1.46 bits per heavy atom. The minimum absolute atomic E-state index is 0.142. The normalized spacial score (nSPS) is 17.1. The van der Waals surface area contributed by atoms with E-state index >= 15 is 0 Å². The Hall–Kier alpha value is -0.600. The molecule has 1 aliphatic heterocycles. The Balaban J connectivity index is 2.13. The second-order valence-corrected chi connectivity index (χ2v) is 3.90. The fraction of sp³-hybridized carbons (Fsp3) is 0.400. The van der Waals surface area contributed by atoms with Crippen LogP contribution in [0, 0.1) is 11.7 Å². The van der Waals surface area contributed by atoms with Crippen molar-refractivity contribution in [1.82, 2.24) is 5.32 Å². The predicted octanol–water partition coefficient (Wildman–Crippen LogP) is 2.24. The number of nitrogens with one attached hydrogen (secondary N) is 1. The molecule has 1 N–H and O–H groups in total. The minimum Gasteiger partial charge on any atom is -0.316 e. The maximum atomic E-state index is 13.2. The van der Waals surface area contributed by atoms with Crippen molar-refractivity contribution < 1.29 is 4.39 Å². The maximum Gasteiger partial charge on any atom is 0.126 e. The van der Waals surface area contributed by atoms with Crippen LogP contribution in [0.1, 0.15) is 5.56 Å². The average molecular weight is 200 g/mol. The molecule has 1 aliphatic rings. The van der Waals surface area contributed by atoms with Crippen LogP contribution in [0.25, 0.3) is 0 Å². The first-order valence-corrected chi connectivity index (χ1v) is 4.78. The van der Waals surface area contributed by atoms with Gasteiger partial charge in [0.05, 0.1) is 0 Å². The van der Waals surface area contributed by atoms with Crippen molar-refractivity contribution in [1.29, 1.82) is 0 Å². The van der Waals surface area contributed by atoms with Gasteiger partial charge in [0, 0.05) is 5.02 Å². The van der Waals surface area contributed by atoms with Crippen LogP contribution in [0.5, 0.6) is 0 Å². The number of rotatable bonds is 2. The third kappa shape index (κ3) is 2.01. The molecule has 0 amide bonds. The van der Waals surface area contributed by atoms with Gasteiger partial charge < -0.3 is 5.32 Å². The van der Waals surface area contributed by atoms with Crippen molar-refractivity contribution in [2.45, 2.75) is 6.42 Å². The minimum atomic E-state index is -0.142. The number of hydrogen-bond donors (Lipinski definition) is 1. The van der Waals surface area contributed by atoms with E-state index in [-0.39, 0.29) is 5.82 Å². The molecule has 70 valence electrons. The van der Waals surface area contributed by atoms with Gasteiger partial charge in [0.25, 0.3) is 0 Å². The highest BCUT2D eigenvalue weighted by atomic mass is 35.5. The largest absolute Gasteiger partial charge is 0.316 e. The Morgan fingerprint density at radius 2 is 2.23 bits per heavy atom. The van der Waals surface area contributed by atoms with E-state index in [0.29, 0.717) is 10.9 Å². The highest BCUT2D eigenvalue weighted by molar-refractivity contribution is 6.30. The zero-order chi connectivity index (χ0) is 9.26. The fourth-order valence-corrected chi connectivity index (χ4v) is 1.70. The Kier molecular flexibility index (Phi) is 2.51. The lowest BCUT2D eigenvalue weighted by atomic mass is 9.94. The van der Waals surface area contributed by atoms with E-state index in [0.717, 1.165) is 25.1 Å². The first-order valence-electron chi connectivity index (χ1n) is 4.40. The summed E-state index contributed by atoms with van der Waals surface area (Å²) in [6, 6.07) is 4.73. The van der Waals surface area contributed by atoms with Crippen LogP contribution in [0.15, 0.2) is 18.2 Å². The van der Waals surface area contributed by atoms with Gasteiger partial charge in [-0.2, -0.15) is 0 Å². The summed E-state index contributed by atoms with van der Waals surface area (Å²) >= 11 is 5.78. The summed E-state index contributed by atoms with van der Waals surface area (Å²) in [5.41, 5.74) is 0.735. The van der Waals surface area contributed by atoms with E-state index in [9.17, 15) is 4.39 Å². The lowest BCUT2D eigenvalue weighted by molar-refractivity contribution is 0.343. The third-order valence-corrected chi connectivity index (χ3v) is 2.62. The van der Waals surface area contributed by atoms with E-state index in [1.807, 2.05) is 0 Å². The predicted molar refractivity (Wildman–Crippen MR) is 51.5 cm³/mol. The molecule has 1 fully saturated rings. The van der Waals surface area contributed by atoms with Gasteiger partial charge in [-0.25, -0.2) is 4.39 Å². The molecule has 0 atom stereocenters. The van der Waals surface area contributed by atoms with E-state index in [4.69, 9.17) is 11.6 Å². The molecule has 1 aromatic carbocycles. The molecule has 1 aromatic rings. The molecule has 1 saturated heterocycles. The van der Waals surface area contributed by atoms with Crippen molar-refractivity contribution >= 4 is 11.6 Å². The highest BCUT2D eigenvalue weighted by Crippen LogP contribution is 2.19. The number of halogens is 2. The van der Waals surface area contributed by atoms with Crippen molar-refractivity contribution in [2.75, 3.05) is 13.1 Å². The van der Waals surface area contributed by atoms with Gasteiger partial charge in [0.1, 0.15) is 5.82 Å².